The highest BCUT2D eigenvalue weighted by molar-refractivity contribution is 7.10. The van der Waals surface area contributed by atoms with Crippen molar-refractivity contribution in [3.63, 3.8) is 0 Å². The topological polar surface area (TPSA) is 28.2 Å². The van der Waals surface area contributed by atoms with Gasteiger partial charge in [-0.1, -0.05) is 19.9 Å². The van der Waals surface area contributed by atoms with E-state index in [2.05, 4.69) is 53.7 Å². The first kappa shape index (κ1) is 13.6. The van der Waals surface area contributed by atoms with Crippen LogP contribution in [0.3, 0.4) is 0 Å². The number of nitrogens with zero attached hydrogens (tertiary/aromatic N) is 2. The van der Waals surface area contributed by atoms with E-state index in [1.807, 2.05) is 11.3 Å². The summed E-state index contributed by atoms with van der Waals surface area (Å²) in [7, 11) is 0. The lowest BCUT2D eigenvalue weighted by atomic mass is 10.1. The summed E-state index contributed by atoms with van der Waals surface area (Å²) in [6.07, 6.45) is 1.14. The number of aromatic nitrogens is 1. The molecule has 0 amide bonds. The Bertz CT molecular complexity index is 577. The predicted octanol–water partition coefficient (Wildman–Crippen LogP) is 3.20. The van der Waals surface area contributed by atoms with Crippen molar-refractivity contribution >= 4 is 17.2 Å². The van der Waals surface area contributed by atoms with Crippen LogP contribution in [0.25, 0.3) is 0 Å². The van der Waals surface area contributed by atoms with Crippen LogP contribution in [0, 0.1) is 0 Å². The molecular formula is C16H21N3S. The van der Waals surface area contributed by atoms with Crippen molar-refractivity contribution in [1.82, 2.24) is 10.3 Å². The summed E-state index contributed by atoms with van der Waals surface area (Å²) in [5.74, 6) is 1.10. The molecular weight excluding hydrogens is 266 g/mol. The molecule has 106 valence electrons. The highest BCUT2D eigenvalue weighted by Crippen LogP contribution is 2.26. The molecule has 0 aromatic carbocycles. The van der Waals surface area contributed by atoms with E-state index in [4.69, 9.17) is 4.98 Å². The highest BCUT2D eigenvalue weighted by Gasteiger charge is 2.18. The second-order valence-electron chi connectivity index (χ2n) is 5.56. The Kier molecular flexibility index (Phi) is 4.03. The van der Waals surface area contributed by atoms with Crippen molar-refractivity contribution < 1.29 is 0 Å². The molecule has 3 heterocycles. The van der Waals surface area contributed by atoms with Crippen LogP contribution in [0.2, 0.25) is 0 Å². The molecule has 0 spiro atoms. The van der Waals surface area contributed by atoms with Crippen molar-refractivity contribution in [3.8, 4) is 0 Å². The fourth-order valence-electron chi connectivity index (χ4n) is 2.49. The highest BCUT2D eigenvalue weighted by atomic mass is 32.1. The number of nitrogens with one attached hydrogen (secondary N) is 1. The summed E-state index contributed by atoms with van der Waals surface area (Å²) >= 11 is 1.88. The lowest BCUT2D eigenvalue weighted by Gasteiger charge is -2.28. The minimum absolute atomic E-state index is 0.490. The van der Waals surface area contributed by atoms with Gasteiger partial charge in [0.25, 0.3) is 0 Å². The number of anilines is 1. The quantitative estimate of drug-likeness (QED) is 0.936. The second-order valence-corrected chi connectivity index (χ2v) is 6.56. The zero-order chi connectivity index (χ0) is 13.9. The molecule has 0 atom stereocenters. The number of thiophene rings is 1. The third-order valence-electron chi connectivity index (χ3n) is 3.62. The Morgan fingerprint density at radius 2 is 2.25 bits per heavy atom. The van der Waals surface area contributed by atoms with Gasteiger partial charge in [-0.2, -0.15) is 0 Å². The third kappa shape index (κ3) is 3.02. The summed E-state index contributed by atoms with van der Waals surface area (Å²) in [5, 5.41) is 5.62. The van der Waals surface area contributed by atoms with Gasteiger partial charge in [0, 0.05) is 30.6 Å². The van der Waals surface area contributed by atoms with Crippen LogP contribution in [0.1, 0.15) is 30.0 Å². The Morgan fingerprint density at radius 3 is 3.10 bits per heavy atom. The second kappa shape index (κ2) is 5.94. The van der Waals surface area contributed by atoms with Gasteiger partial charge in [-0.05, 0) is 35.6 Å². The van der Waals surface area contributed by atoms with E-state index >= 15 is 0 Å². The molecule has 4 heteroatoms. The van der Waals surface area contributed by atoms with E-state index in [1.165, 1.54) is 5.56 Å². The van der Waals surface area contributed by atoms with Crippen molar-refractivity contribution in [2.75, 3.05) is 11.4 Å². The molecule has 2 aromatic rings. The van der Waals surface area contributed by atoms with Crippen molar-refractivity contribution in [2.24, 2.45) is 0 Å². The molecule has 0 fully saturated rings. The molecule has 2 aromatic heterocycles. The number of pyridine rings is 1. The molecule has 3 nitrogen and oxygen atoms in total. The summed E-state index contributed by atoms with van der Waals surface area (Å²) in [6, 6.07) is 9.07. The molecule has 0 bridgehead atoms. The fourth-order valence-corrected chi connectivity index (χ4v) is 3.38. The van der Waals surface area contributed by atoms with Crippen molar-refractivity contribution in [3.05, 3.63) is 45.8 Å². The average Bonchev–Trinajstić information content (AvgIpc) is 2.93. The first-order valence-electron chi connectivity index (χ1n) is 7.22. The number of hydrogen-bond acceptors (Lipinski definition) is 4. The average molecular weight is 287 g/mol. The Labute approximate surface area is 124 Å². The van der Waals surface area contributed by atoms with Crippen LogP contribution >= 0.6 is 11.3 Å². The molecule has 20 heavy (non-hydrogen) atoms. The molecule has 0 saturated heterocycles. The molecule has 3 rings (SSSR count). The zero-order valence-corrected chi connectivity index (χ0v) is 12.9. The van der Waals surface area contributed by atoms with E-state index < -0.39 is 0 Å². The first-order chi connectivity index (χ1) is 9.72. The van der Waals surface area contributed by atoms with Crippen LogP contribution in [0.4, 0.5) is 5.82 Å². The molecule has 0 unspecified atom stereocenters. The zero-order valence-electron chi connectivity index (χ0n) is 12.1. The maximum absolute atomic E-state index is 4.79. The fraction of sp³-hybridized carbons (Fsp3) is 0.438. The molecule has 0 saturated carbocycles. The van der Waals surface area contributed by atoms with Gasteiger partial charge in [-0.25, -0.2) is 4.98 Å². The molecule has 1 aliphatic heterocycles. The van der Waals surface area contributed by atoms with E-state index in [0.29, 0.717) is 6.04 Å². The van der Waals surface area contributed by atoms with E-state index in [-0.39, 0.29) is 0 Å². The summed E-state index contributed by atoms with van der Waals surface area (Å²) in [4.78, 5) is 8.72. The van der Waals surface area contributed by atoms with Gasteiger partial charge in [0.05, 0.1) is 5.69 Å². The molecule has 1 aliphatic rings. The van der Waals surface area contributed by atoms with Gasteiger partial charge in [0.2, 0.25) is 0 Å². The van der Waals surface area contributed by atoms with Crippen molar-refractivity contribution in [1.29, 1.82) is 0 Å². The van der Waals surface area contributed by atoms with E-state index in [0.717, 1.165) is 37.6 Å². The van der Waals surface area contributed by atoms with Gasteiger partial charge in [-0.15, -0.1) is 11.3 Å². The largest absolute Gasteiger partial charge is 0.352 e. The van der Waals surface area contributed by atoms with Crippen molar-refractivity contribution in [2.45, 2.75) is 39.4 Å². The first-order valence-corrected chi connectivity index (χ1v) is 8.10. The predicted molar refractivity (Wildman–Crippen MR) is 85.3 cm³/mol. The summed E-state index contributed by atoms with van der Waals surface area (Å²) in [5.41, 5.74) is 2.58. The lowest BCUT2D eigenvalue weighted by Crippen LogP contribution is -2.30. The summed E-state index contributed by atoms with van der Waals surface area (Å²) in [6.45, 7) is 7.22. The molecule has 0 radical (unpaired) electrons. The smallest absolute Gasteiger partial charge is 0.129 e. The summed E-state index contributed by atoms with van der Waals surface area (Å²) < 4.78 is 0. The number of rotatable bonds is 4. The SMILES string of the molecule is CC(C)NCc1cccc(N2CCc3sccc3C2)n1. The van der Waals surface area contributed by atoms with Crippen LogP contribution in [0.5, 0.6) is 0 Å². The minimum Gasteiger partial charge on any atom is -0.352 e. The lowest BCUT2D eigenvalue weighted by molar-refractivity contribution is 0.580. The van der Waals surface area contributed by atoms with Gasteiger partial charge in [0.15, 0.2) is 0 Å². The number of fused-ring (bicyclic) bond motifs is 1. The molecule has 1 N–H and O–H groups in total. The van der Waals surface area contributed by atoms with Gasteiger partial charge < -0.3 is 10.2 Å². The minimum atomic E-state index is 0.490. The monoisotopic (exact) mass is 287 g/mol. The van der Waals surface area contributed by atoms with Gasteiger partial charge >= 0.3 is 0 Å². The van der Waals surface area contributed by atoms with E-state index in [1.54, 1.807) is 4.88 Å². The molecule has 0 aliphatic carbocycles. The Balaban J connectivity index is 1.73. The maximum atomic E-state index is 4.79. The van der Waals surface area contributed by atoms with Gasteiger partial charge in [-0.3, -0.25) is 0 Å². The van der Waals surface area contributed by atoms with Gasteiger partial charge in [0.1, 0.15) is 5.82 Å². The Hall–Kier alpha value is -1.39. The maximum Gasteiger partial charge on any atom is 0.129 e. The number of hydrogen-bond donors (Lipinski definition) is 1. The van der Waals surface area contributed by atoms with Crippen LogP contribution in [-0.2, 0) is 19.5 Å². The van der Waals surface area contributed by atoms with Crippen LogP contribution < -0.4 is 10.2 Å². The third-order valence-corrected chi connectivity index (χ3v) is 4.64. The van der Waals surface area contributed by atoms with E-state index in [9.17, 15) is 0 Å². The standard InChI is InChI=1S/C16H21N3S/c1-12(2)17-10-14-4-3-5-16(18-14)19-8-6-15-13(11-19)7-9-20-15/h3-5,7,9,12,17H,6,8,10-11H2,1-2H3. The normalized spacial score (nSPS) is 14.7. The van der Waals surface area contributed by atoms with Crippen LogP contribution in [0.15, 0.2) is 29.6 Å². The van der Waals surface area contributed by atoms with Crippen LogP contribution in [-0.4, -0.2) is 17.6 Å². The Morgan fingerprint density at radius 1 is 1.35 bits per heavy atom.